The van der Waals surface area contributed by atoms with Gasteiger partial charge in [0.15, 0.2) is 17.5 Å². The van der Waals surface area contributed by atoms with Crippen molar-refractivity contribution in [3.63, 3.8) is 0 Å². The molecular formula is C41H25N3O. The third-order valence-electron chi connectivity index (χ3n) is 8.50. The summed E-state index contributed by atoms with van der Waals surface area (Å²) in [4.78, 5) is 14.8. The standard InChI is InChI=1S/C41H25N3O/c1-3-13-27(14-4-1)39-42-40(28-15-5-2-6-16-28)44-41(43-39)30-18-11-17-29(24-30)34-25-36-38(33-21-10-9-20-32(33)34)37-31-19-8-7-12-26(31)22-23-35(37)45-36/h1-25H. The Balaban J connectivity index is 1.26. The van der Waals surface area contributed by atoms with Crippen molar-refractivity contribution in [3.05, 3.63) is 152 Å². The Morgan fingerprint density at radius 1 is 0.356 bits per heavy atom. The zero-order valence-corrected chi connectivity index (χ0v) is 24.2. The first-order chi connectivity index (χ1) is 22.3. The van der Waals surface area contributed by atoms with Gasteiger partial charge in [0.1, 0.15) is 11.2 Å². The topological polar surface area (TPSA) is 51.8 Å². The lowest BCUT2D eigenvalue weighted by Gasteiger charge is -2.11. The largest absolute Gasteiger partial charge is 0.456 e. The summed E-state index contributed by atoms with van der Waals surface area (Å²) in [5.74, 6) is 1.92. The number of rotatable bonds is 4. The molecule has 0 aliphatic carbocycles. The van der Waals surface area contributed by atoms with Crippen LogP contribution in [0, 0.1) is 0 Å². The Hall–Kier alpha value is -6.13. The maximum absolute atomic E-state index is 6.54. The van der Waals surface area contributed by atoms with E-state index in [9.17, 15) is 0 Å². The third kappa shape index (κ3) is 4.27. The molecule has 2 heterocycles. The van der Waals surface area contributed by atoms with Gasteiger partial charge in [-0.2, -0.15) is 0 Å². The maximum Gasteiger partial charge on any atom is 0.164 e. The SMILES string of the molecule is c1ccc(-c2nc(-c3ccccc3)nc(-c3cccc(-c4cc5oc6ccc7ccccc7c6c5c5ccccc45)c3)n2)cc1. The van der Waals surface area contributed by atoms with Crippen LogP contribution in [0.4, 0.5) is 0 Å². The Morgan fingerprint density at radius 3 is 1.60 bits per heavy atom. The lowest BCUT2D eigenvalue weighted by molar-refractivity contribution is 0.669. The van der Waals surface area contributed by atoms with Gasteiger partial charge in [0.2, 0.25) is 0 Å². The van der Waals surface area contributed by atoms with E-state index in [4.69, 9.17) is 19.4 Å². The van der Waals surface area contributed by atoms with Crippen molar-refractivity contribution >= 4 is 43.5 Å². The van der Waals surface area contributed by atoms with E-state index in [2.05, 4.69) is 91.0 Å². The second-order valence-electron chi connectivity index (χ2n) is 11.2. The second kappa shape index (κ2) is 10.2. The summed E-state index contributed by atoms with van der Waals surface area (Å²) in [6.07, 6.45) is 0. The van der Waals surface area contributed by atoms with Gasteiger partial charge in [-0.1, -0.05) is 133 Å². The van der Waals surface area contributed by atoms with Gasteiger partial charge in [0.25, 0.3) is 0 Å². The normalized spacial score (nSPS) is 11.6. The lowest BCUT2D eigenvalue weighted by atomic mass is 9.93. The highest BCUT2D eigenvalue weighted by atomic mass is 16.3. The molecule has 9 aromatic rings. The molecule has 0 aliphatic heterocycles. The fourth-order valence-corrected chi connectivity index (χ4v) is 6.40. The van der Waals surface area contributed by atoms with Gasteiger partial charge in [-0.05, 0) is 50.9 Å². The molecule has 210 valence electrons. The molecule has 0 spiro atoms. The number of hydrogen-bond donors (Lipinski definition) is 0. The van der Waals surface area contributed by atoms with E-state index < -0.39 is 0 Å². The average Bonchev–Trinajstić information content (AvgIpc) is 3.51. The van der Waals surface area contributed by atoms with Gasteiger partial charge in [0.05, 0.1) is 0 Å². The first-order valence-electron chi connectivity index (χ1n) is 15.0. The minimum absolute atomic E-state index is 0.630. The van der Waals surface area contributed by atoms with Crippen molar-refractivity contribution in [2.24, 2.45) is 0 Å². The van der Waals surface area contributed by atoms with E-state index in [0.29, 0.717) is 17.5 Å². The molecule has 0 aliphatic rings. The van der Waals surface area contributed by atoms with Crippen LogP contribution in [0.15, 0.2) is 156 Å². The van der Waals surface area contributed by atoms with Crippen molar-refractivity contribution < 1.29 is 4.42 Å². The highest BCUT2D eigenvalue weighted by molar-refractivity contribution is 6.28. The van der Waals surface area contributed by atoms with Crippen molar-refractivity contribution in [1.29, 1.82) is 0 Å². The predicted molar refractivity (Wildman–Crippen MR) is 184 cm³/mol. The van der Waals surface area contributed by atoms with Crippen LogP contribution in [0.2, 0.25) is 0 Å². The van der Waals surface area contributed by atoms with E-state index in [1.165, 1.54) is 21.5 Å². The highest BCUT2D eigenvalue weighted by Gasteiger charge is 2.18. The number of furan rings is 1. The maximum atomic E-state index is 6.54. The van der Waals surface area contributed by atoms with E-state index in [1.807, 2.05) is 60.7 Å². The van der Waals surface area contributed by atoms with Crippen LogP contribution in [0.25, 0.3) is 88.8 Å². The summed E-state index contributed by atoms with van der Waals surface area (Å²) in [5, 5.41) is 7.05. The van der Waals surface area contributed by atoms with Crippen LogP contribution in [0.1, 0.15) is 0 Å². The quantitative estimate of drug-likeness (QED) is 0.209. The summed E-state index contributed by atoms with van der Waals surface area (Å²) in [5.41, 5.74) is 6.75. The molecule has 7 aromatic carbocycles. The average molecular weight is 576 g/mol. The van der Waals surface area contributed by atoms with Crippen molar-refractivity contribution in [1.82, 2.24) is 15.0 Å². The van der Waals surface area contributed by atoms with Gasteiger partial charge >= 0.3 is 0 Å². The molecule has 4 nitrogen and oxygen atoms in total. The van der Waals surface area contributed by atoms with Crippen LogP contribution in [0.3, 0.4) is 0 Å². The van der Waals surface area contributed by atoms with Crippen LogP contribution in [0.5, 0.6) is 0 Å². The van der Waals surface area contributed by atoms with Gasteiger partial charge < -0.3 is 4.42 Å². The first-order valence-corrected chi connectivity index (χ1v) is 15.0. The van der Waals surface area contributed by atoms with Crippen LogP contribution < -0.4 is 0 Å². The van der Waals surface area contributed by atoms with Gasteiger partial charge in [-0.15, -0.1) is 0 Å². The zero-order chi connectivity index (χ0) is 29.7. The number of aromatic nitrogens is 3. The van der Waals surface area contributed by atoms with E-state index >= 15 is 0 Å². The monoisotopic (exact) mass is 575 g/mol. The van der Waals surface area contributed by atoms with E-state index in [1.54, 1.807) is 0 Å². The fraction of sp³-hybridized carbons (Fsp3) is 0. The Bertz CT molecular complexity index is 2480. The fourth-order valence-electron chi connectivity index (χ4n) is 6.40. The smallest absolute Gasteiger partial charge is 0.164 e. The molecule has 0 fully saturated rings. The van der Waals surface area contributed by atoms with Gasteiger partial charge in [-0.25, -0.2) is 15.0 Å². The van der Waals surface area contributed by atoms with Crippen molar-refractivity contribution in [2.75, 3.05) is 0 Å². The summed E-state index contributed by atoms with van der Waals surface area (Å²) in [6.45, 7) is 0. The molecule has 45 heavy (non-hydrogen) atoms. The molecule has 0 unspecified atom stereocenters. The van der Waals surface area contributed by atoms with Gasteiger partial charge in [-0.3, -0.25) is 0 Å². The molecule has 0 atom stereocenters. The first kappa shape index (κ1) is 25.4. The Labute approximate surface area is 259 Å². The molecule has 0 bridgehead atoms. The lowest BCUT2D eigenvalue weighted by Crippen LogP contribution is -2.00. The molecule has 0 amide bonds. The minimum Gasteiger partial charge on any atom is -0.456 e. The van der Waals surface area contributed by atoms with E-state index in [-0.39, 0.29) is 0 Å². The minimum atomic E-state index is 0.630. The van der Waals surface area contributed by atoms with E-state index in [0.717, 1.165) is 49.8 Å². The van der Waals surface area contributed by atoms with Crippen LogP contribution >= 0.6 is 0 Å². The second-order valence-corrected chi connectivity index (χ2v) is 11.2. The van der Waals surface area contributed by atoms with Crippen LogP contribution in [-0.2, 0) is 0 Å². The zero-order valence-electron chi connectivity index (χ0n) is 24.2. The third-order valence-corrected chi connectivity index (χ3v) is 8.50. The molecule has 0 saturated heterocycles. The number of benzene rings is 7. The Kier molecular flexibility index (Phi) is 5.78. The number of nitrogens with zero attached hydrogens (tertiary/aromatic N) is 3. The van der Waals surface area contributed by atoms with Crippen molar-refractivity contribution in [2.45, 2.75) is 0 Å². The molecule has 2 aromatic heterocycles. The van der Waals surface area contributed by atoms with Crippen LogP contribution in [-0.4, -0.2) is 15.0 Å². The summed E-state index contributed by atoms with van der Waals surface area (Å²) < 4.78 is 6.54. The highest BCUT2D eigenvalue weighted by Crippen LogP contribution is 2.42. The summed E-state index contributed by atoms with van der Waals surface area (Å²) >= 11 is 0. The molecule has 0 N–H and O–H groups in total. The molecule has 0 radical (unpaired) electrons. The predicted octanol–water partition coefficient (Wildman–Crippen LogP) is 10.7. The summed E-state index contributed by atoms with van der Waals surface area (Å²) in [7, 11) is 0. The summed E-state index contributed by atoms with van der Waals surface area (Å²) in [6, 6.07) is 52.1. The number of hydrogen-bond acceptors (Lipinski definition) is 4. The molecule has 9 rings (SSSR count). The molecular weight excluding hydrogens is 550 g/mol. The molecule has 4 heteroatoms. The van der Waals surface area contributed by atoms with Gasteiger partial charge in [0, 0.05) is 27.5 Å². The molecule has 0 saturated carbocycles. The van der Waals surface area contributed by atoms with Crippen molar-refractivity contribution in [3.8, 4) is 45.3 Å². The number of fused-ring (bicyclic) bond motifs is 7. The Morgan fingerprint density at radius 2 is 0.889 bits per heavy atom.